The first-order valence-corrected chi connectivity index (χ1v) is 8.80. The fourth-order valence-corrected chi connectivity index (χ4v) is 3.99. The van der Waals surface area contributed by atoms with Crippen LogP contribution in [0.4, 0.5) is 0 Å². The first kappa shape index (κ1) is 15.9. The highest BCUT2D eigenvalue weighted by molar-refractivity contribution is 5.43. The van der Waals surface area contributed by atoms with Gasteiger partial charge in [0.05, 0.1) is 0 Å². The standard InChI is InChI=1S/C21H26O2/c22-19-11-7-17(8-12-19)21(18-9-13-20(23)14-10-18)15-5-3-1-2-4-6-16-21/h7-14,22-23H,1-6,15-16H2. The van der Waals surface area contributed by atoms with Crippen LogP contribution in [0.3, 0.4) is 0 Å². The highest BCUT2D eigenvalue weighted by Crippen LogP contribution is 2.43. The highest BCUT2D eigenvalue weighted by Gasteiger charge is 2.33. The molecule has 2 aromatic carbocycles. The molecule has 1 saturated carbocycles. The average molecular weight is 310 g/mol. The normalized spacial score (nSPS) is 18.6. The van der Waals surface area contributed by atoms with Crippen molar-refractivity contribution in [3.63, 3.8) is 0 Å². The van der Waals surface area contributed by atoms with Crippen LogP contribution in [0.15, 0.2) is 48.5 Å². The maximum atomic E-state index is 9.66. The molecule has 0 bridgehead atoms. The molecular formula is C21H26O2. The van der Waals surface area contributed by atoms with E-state index in [0.29, 0.717) is 11.5 Å². The van der Waals surface area contributed by atoms with E-state index < -0.39 is 0 Å². The lowest BCUT2D eigenvalue weighted by atomic mass is 9.68. The van der Waals surface area contributed by atoms with E-state index in [0.717, 1.165) is 12.8 Å². The quantitative estimate of drug-likeness (QED) is 0.767. The van der Waals surface area contributed by atoms with Crippen LogP contribution in [0.1, 0.15) is 62.5 Å². The molecule has 122 valence electrons. The number of benzene rings is 2. The molecule has 0 saturated heterocycles. The number of rotatable bonds is 2. The van der Waals surface area contributed by atoms with Gasteiger partial charge in [-0.15, -0.1) is 0 Å². The number of phenols is 2. The van der Waals surface area contributed by atoms with E-state index in [1.807, 2.05) is 0 Å². The highest BCUT2D eigenvalue weighted by atomic mass is 16.3. The van der Waals surface area contributed by atoms with E-state index in [1.165, 1.54) is 49.7 Å². The van der Waals surface area contributed by atoms with E-state index in [-0.39, 0.29) is 5.41 Å². The van der Waals surface area contributed by atoms with Gasteiger partial charge in [0.2, 0.25) is 0 Å². The fraction of sp³-hybridized carbons (Fsp3) is 0.429. The minimum absolute atomic E-state index is 0.00819. The lowest BCUT2D eigenvalue weighted by Crippen LogP contribution is -2.27. The van der Waals surface area contributed by atoms with Gasteiger partial charge in [-0.25, -0.2) is 0 Å². The van der Waals surface area contributed by atoms with Gasteiger partial charge < -0.3 is 10.2 Å². The SMILES string of the molecule is Oc1ccc(C2(c3ccc(O)cc3)CCCCCCCC2)cc1. The molecule has 2 aromatic rings. The Morgan fingerprint density at radius 3 is 1.26 bits per heavy atom. The first-order valence-electron chi connectivity index (χ1n) is 8.80. The third-order valence-corrected chi connectivity index (χ3v) is 5.30. The van der Waals surface area contributed by atoms with Crippen LogP contribution in [0.5, 0.6) is 11.5 Å². The maximum absolute atomic E-state index is 9.66. The molecular weight excluding hydrogens is 284 g/mol. The van der Waals surface area contributed by atoms with Crippen molar-refractivity contribution in [1.29, 1.82) is 0 Å². The molecule has 0 amide bonds. The van der Waals surface area contributed by atoms with Crippen molar-refractivity contribution in [3.05, 3.63) is 59.7 Å². The van der Waals surface area contributed by atoms with Crippen LogP contribution in [0.25, 0.3) is 0 Å². The summed E-state index contributed by atoms with van der Waals surface area (Å²) >= 11 is 0. The van der Waals surface area contributed by atoms with E-state index in [9.17, 15) is 10.2 Å². The van der Waals surface area contributed by atoms with E-state index in [2.05, 4.69) is 24.3 Å². The summed E-state index contributed by atoms with van der Waals surface area (Å²) in [5.41, 5.74) is 2.55. The molecule has 0 heterocycles. The number of hydrogen-bond donors (Lipinski definition) is 2. The second-order valence-corrected chi connectivity index (χ2v) is 6.80. The van der Waals surface area contributed by atoms with E-state index in [1.54, 1.807) is 24.3 Å². The van der Waals surface area contributed by atoms with Crippen LogP contribution in [0.2, 0.25) is 0 Å². The third-order valence-electron chi connectivity index (χ3n) is 5.30. The topological polar surface area (TPSA) is 40.5 Å². The van der Waals surface area contributed by atoms with Gasteiger partial charge in [-0.3, -0.25) is 0 Å². The minimum Gasteiger partial charge on any atom is -0.508 e. The van der Waals surface area contributed by atoms with Crippen molar-refractivity contribution < 1.29 is 10.2 Å². The average Bonchev–Trinajstić information content (AvgIpc) is 2.69. The van der Waals surface area contributed by atoms with Crippen LogP contribution in [0, 0.1) is 0 Å². The zero-order valence-corrected chi connectivity index (χ0v) is 13.7. The van der Waals surface area contributed by atoms with E-state index in [4.69, 9.17) is 0 Å². The summed E-state index contributed by atoms with van der Waals surface area (Å²) in [6, 6.07) is 15.5. The Labute approximate surface area is 138 Å². The molecule has 2 nitrogen and oxygen atoms in total. The molecule has 2 N–H and O–H groups in total. The molecule has 23 heavy (non-hydrogen) atoms. The summed E-state index contributed by atoms with van der Waals surface area (Å²) in [4.78, 5) is 0. The number of phenolic OH excluding ortho intramolecular Hbond substituents is 2. The molecule has 3 rings (SSSR count). The largest absolute Gasteiger partial charge is 0.508 e. The molecule has 0 atom stereocenters. The van der Waals surface area contributed by atoms with Gasteiger partial charge in [0.25, 0.3) is 0 Å². The Morgan fingerprint density at radius 2 is 0.870 bits per heavy atom. The molecule has 0 radical (unpaired) electrons. The van der Waals surface area contributed by atoms with Gasteiger partial charge in [-0.2, -0.15) is 0 Å². The minimum atomic E-state index is -0.00819. The second kappa shape index (κ2) is 7.08. The molecule has 2 heteroatoms. The predicted molar refractivity (Wildman–Crippen MR) is 93.9 cm³/mol. The van der Waals surface area contributed by atoms with Crippen LogP contribution >= 0.6 is 0 Å². The van der Waals surface area contributed by atoms with Gasteiger partial charge >= 0.3 is 0 Å². The summed E-state index contributed by atoms with van der Waals surface area (Å²) < 4.78 is 0. The van der Waals surface area contributed by atoms with Crippen LogP contribution in [-0.2, 0) is 5.41 Å². The van der Waals surface area contributed by atoms with Crippen molar-refractivity contribution in [3.8, 4) is 11.5 Å². The lowest BCUT2D eigenvalue weighted by molar-refractivity contribution is 0.411. The Kier molecular flexibility index (Phi) is 4.90. The molecule has 0 aromatic heterocycles. The first-order chi connectivity index (χ1) is 11.2. The second-order valence-electron chi connectivity index (χ2n) is 6.80. The summed E-state index contributed by atoms with van der Waals surface area (Å²) in [7, 11) is 0. The fourth-order valence-electron chi connectivity index (χ4n) is 3.99. The summed E-state index contributed by atoms with van der Waals surface area (Å²) in [6.07, 6.45) is 9.95. The van der Waals surface area contributed by atoms with Gasteiger partial charge in [0.1, 0.15) is 11.5 Å². The number of hydrogen-bond acceptors (Lipinski definition) is 2. The van der Waals surface area contributed by atoms with Crippen LogP contribution < -0.4 is 0 Å². The molecule has 1 aliphatic rings. The Bertz CT molecular complexity index is 556. The molecule has 0 unspecified atom stereocenters. The molecule has 1 fully saturated rings. The van der Waals surface area contributed by atoms with Crippen molar-refractivity contribution in [2.75, 3.05) is 0 Å². The molecule has 0 spiro atoms. The zero-order chi connectivity index (χ0) is 16.1. The monoisotopic (exact) mass is 310 g/mol. The lowest BCUT2D eigenvalue weighted by Gasteiger charge is -2.35. The Balaban J connectivity index is 2.06. The van der Waals surface area contributed by atoms with Crippen LogP contribution in [-0.4, -0.2) is 10.2 Å². The Hall–Kier alpha value is -1.96. The van der Waals surface area contributed by atoms with Gasteiger partial charge in [-0.1, -0.05) is 62.8 Å². The van der Waals surface area contributed by atoms with Gasteiger partial charge in [0, 0.05) is 5.41 Å². The van der Waals surface area contributed by atoms with Gasteiger partial charge in [-0.05, 0) is 48.2 Å². The van der Waals surface area contributed by atoms with Gasteiger partial charge in [0.15, 0.2) is 0 Å². The third kappa shape index (κ3) is 3.52. The van der Waals surface area contributed by atoms with E-state index >= 15 is 0 Å². The van der Waals surface area contributed by atoms with Crippen molar-refractivity contribution >= 4 is 0 Å². The van der Waals surface area contributed by atoms with Crippen molar-refractivity contribution in [2.24, 2.45) is 0 Å². The van der Waals surface area contributed by atoms with Crippen molar-refractivity contribution in [2.45, 2.75) is 56.8 Å². The predicted octanol–water partition coefficient (Wildman–Crippen LogP) is 5.52. The smallest absolute Gasteiger partial charge is 0.115 e. The maximum Gasteiger partial charge on any atom is 0.115 e. The zero-order valence-electron chi connectivity index (χ0n) is 13.7. The summed E-state index contributed by atoms with van der Waals surface area (Å²) in [6.45, 7) is 0. The number of aromatic hydroxyl groups is 2. The summed E-state index contributed by atoms with van der Waals surface area (Å²) in [5.74, 6) is 0.635. The summed E-state index contributed by atoms with van der Waals surface area (Å²) in [5, 5.41) is 19.3. The molecule has 0 aliphatic heterocycles. The molecule has 1 aliphatic carbocycles. The Morgan fingerprint density at radius 1 is 0.522 bits per heavy atom. The van der Waals surface area contributed by atoms with Crippen molar-refractivity contribution in [1.82, 2.24) is 0 Å².